The zero-order valence-electron chi connectivity index (χ0n) is 13.5. The number of anilines is 1. The topological polar surface area (TPSA) is 97.2 Å². The van der Waals surface area contributed by atoms with Crippen molar-refractivity contribution in [3.8, 4) is 5.75 Å². The van der Waals surface area contributed by atoms with E-state index in [4.69, 9.17) is 10.5 Å². The summed E-state index contributed by atoms with van der Waals surface area (Å²) in [6.45, 7) is 5.93. The number of benzene rings is 1. The smallest absolute Gasteiger partial charge is 0.272 e. The molecule has 0 atom stereocenters. The van der Waals surface area contributed by atoms with Crippen LogP contribution in [0.15, 0.2) is 24.3 Å². The Morgan fingerprint density at radius 1 is 1.22 bits per heavy atom. The van der Waals surface area contributed by atoms with Gasteiger partial charge in [-0.3, -0.25) is 9.59 Å². The zero-order valence-corrected chi connectivity index (χ0v) is 13.5. The van der Waals surface area contributed by atoms with Gasteiger partial charge in [0.2, 0.25) is 0 Å². The van der Waals surface area contributed by atoms with Crippen LogP contribution in [0, 0.1) is 13.8 Å². The SMILES string of the molecule is CC(=O)c1c(C)[nH]c(C(=O)Nc2ccc(OCCN)cc2)c1C. The summed E-state index contributed by atoms with van der Waals surface area (Å²) in [5.74, 6) is 0.352. The van der Waals surface area contributed by atoms with Gasteiger partial charge in [0.25, 0.3) is 5.91 Å². The number of nitrogens with two attached hydrogens (primary N) is 1. The Balaban J connectivity index is 2.13. The molecule has 2 rings (SSSR count). The van der Waals surface area contributed by atoms with E-state index in [1.54, 1.807) is 38.1 Å². The first-order chi connectivity index (χ1) is 10.9. The van der Waals surface area contributed by atoms with Crippen LogP contribution in [0.5, 0.6) is 5.75 Å². The Morgan fingerprint density at radius 2 is 1.87 bits per heavy atom. The molecule has 6 nitrogen and oxygen atoms in total. The van der Waals surface area contributed by atoms with Crippen LogP contribution < -0.4 is 15.8 Å². The summed E-state index contributed by atoms with van der Waals surface area (Å²) in [5.41, 5.74) is 8.35. The number of ketones is 1. The fourth-order valence-electron chi connectivity index (χ4n) is 2.51. The maximum absolute atomic E-state index is 12.4. The highest BCUT2D eigenvalue weighted by Gasteiger charge is 2.19. The molecule has 0 aliphatic rings. The Morgan fingerprint density at radius 3 is 2.39 bits per heavy atom. The predicted octanol–water partition coefficient (Wildman–Crippen LogP) is 2.42. The molecule has 0 aliphatic heterocycles. The fraction of sp³-hybridized carbons (Fsp3) is 0.294. The summed E-state index contributed by atoms with van der Waals surface area (Å²) in [4.78, 5) is 27.0. The average molecular weight is 315 g/mol. The fourth-order valence-corrected chi connectivity index (χ4v) is 2.51. The minimum Gasteiger partial charge on any atom is -0.492 e. The number of carbonyl (C=O) groups is 2. The summed E-state index contributed by atoms with van der Waals surface area (Å²) in [6, 6.07) is 7.03. The molecule has 0 saturated heterocycles. The number of carbonyl (C=O) groups excluding carboxylic acids is 2. The van der Waals surface area contributed by atoms with Crippen LogP contribution in [0.25, 0.3) is 0 Å². The number of aromatic nitrogens is 1. The van der Waals surface area contributed by atoms with Crippen LogP contribution in [-0.4, -0.2) is 29.8 Å². The van der Waals surface area contributed by atoms with Crippen molar-refractivity contribution in [1.82, 2.24) is 4.98 Å². The summed E-state index contributed by atoms with van der Waals surface area (Å²) in [5, 5.41) is 2.80. The van der Waals surface area contributed by atoms with E-state index in [0.29, 0.717) is 47.1 Å². The highest BCUT2D eigenvalue weighted by molar-refractivity contribution is 6.07. The van der Waals surface area contributed by atoms with Gasteiger partial charge < -0.3 is 20.8 Å². The van der Waals surface area contributed by atoms with Crippen LogP contribution >= 0.6 is 0 Å². The quantitative estimate of drug-likeness (QED) is 0.713. The van der Waals surface area contributed by atoms with Crippen molar-refractivity contribution in [3.05, 3.63) is 46.8 Å². The second-order valence-electron chi connectivity index (χ2n) is 5.30. The molecule has 0 saturated carbocycles. The maximum Gasteiger partial charge on any atom is 0.272 e. The molecule has 1 aromatic heterocycles. The van der Waals surface area contributed by atoms with E-state index < -0.39 is 0 Å². The lowest BCUT2D eigenvalue weighted by atomic mass is 10.1. The number of nitrogens with one attached hydrogen (secondary N) is 2. The van der Waals surface area contributed by atoms with Crippen molar-refractivity contribution in [2.24, 2.45) is 5.73 Å². The molecule has 0 fully saturated rings. The molecule has 0 unspecified atom stereocenters. The molecule has 23 heavy (non-hydrogen) atoms. The molecular weight excluding hydrogens is 294 g/mol. The van der Waals surface area contributed by atoms with E-state index in [9.17, 15) is 9.59 Å². The maximum atomic E-state index is 12.4. The van der Waals surface area contributed by atoms with E-state index in [1.807, 2.05) is 0 Å². The molecule has 0 bridgehead atoms. The molecule has 0 radical (unpaired) electrons. The summed E-state index contributed by atoms with van der Waals surface area (Å²) >= 11 is 0. The second-order valence-corrected chi connectivity index (χ2v) is 5.30. The number of aryl methyl sites for hydroxylation is 1. The lowest BCUT2D eigenvalue weighted by Crippen LogP contribution is -2.14. The van der Waals surface area contributed by atoms with Crippen LogP contribution in [0.1, 0.15) is 39.0 Å². The van der Waals surface area contributed by atoms with Crippen molar-refractivity contribution in [2.45, 2.75) is 20.8 Å². The van der Waals surface area contributed by atoms with E-state index >= 15 is 0 Å². The van der Waals surface area contributed by atoms with Crippen LogP contribution in [0.2, 0.25) is 0 Å². The van der Waals surface area contributed by atoms with E-state index in [2.05, 4.69) is 10.3 Å². The summed E-state index contributed by atoms with van der Waals surface area (Å²) in [7, 11) is 0. The molecular formula is C17H21N3O3. The van der Waals surface area contributed by atoms with Gasteiger partial charge in [-0.15, -0.1) is 0 Å². The third-order valence-corrected chi connectivity index (χ3v) is 3.52. The van der Waals surface area contributed by atoms with Gasteiger partial charge in [-0.25, -0.2) is 0 Å². The highest BCUT2D eigenvalue weighted by atomic mass is 16.5. The number of hydrogen-bond acceptors (Lipinski definition) is 4. The summed E-state index contributed by atoms with van der Waals surface area (Å²) < 4.78 is 5.38. The van der Waals surface area contributed by atoms with Crippen molar-refractivity contribution in [1.29, 1.82) is 0 Å². The van der Waals surface area contributed by atoms with E-state index in [1.165, 1.54) is 6.92 Å². The molecule has 6 heteroatoms. The van der Waals surface area contributed by atoms with Crippen molar-refractivity contribution < 1.29 is 14.3 Å². The zero-order chi connectivity index (χ0) is 17.0. The summed E-state index contributed by atoms with van der Waals surface area (Å²) in [6.07, 6.45) is 0. The van der Waals surface area contributed by atoms with Crippen LogP contribution in [0.4, 0.5) is 5.69 Å². The van der Waals surface area contributed by atoms with Crippen molar-refractivity contribution in [2.75, 3.05) is 18.5 Å². The van der Waals surface area contributed by atoms with Crippen molar-refractivity contribution >= 4 is 17.4 Å². The molecule has 122 valence electrons. The Labute approximate surface area is 135 Å². The van der Waals surface area contributed by atoms with Gasteiger partial charge >= 0.3 is 0 Å². The number of Topliss-reactive ketones (excluding diaryl/α,β-unsaturated/α-hetero) is 1. The number of amides is 1. The molecule has 4 N–H and O–H groups in total. The van der Waals surface area contributed by atoms with E-state index in [-0.39, 0.29) is 11.7 Å². The lowest BCUT2D eigenvalue weighted by molar-refractivity contribution is 0.101. The number of hydrogen-bond donors (Lipinski definition) is 3. The van der Waals surface area contributed by atoms with Gasteiger partial charge in [-0.1, -0.05) is 0 Å². The Bertz CT molecular complexity index is 717. The van der Waals surface area contributed by atoms with Gasteiger partial charge in [0, 0.05) is 23.5 Å². The number of ether oxygens (including phenoxy) is 1. The predicted molar refractivity (Wildman–Crippen MR) is 89.2 cm³/mol. The van der Waals surface area contributed by atoms with Gasteiger partial charge in [-0.2, -0.15) is 0 Å². The molecule has 2 aromatic rings. The van der Waals surface area contributed by atoms with Crippen molar-refractivity contribution in [3.63, 3.8) is 0 Å². The first kappa shape index (κ1) is 16.8. The number of aromatic amines is 1. The lowest BCUT2D eigenvalue weighted by Gasteiger charge is -2.07. The van der Waals surface area contributed by atoms with Gasteiger partial charge in [-0.05, 0) is 50.6 Å². The van der Waals surface area contributed by atoms with Crippen LogP contribution in [-0.2, 0) is 0 Å². The molecule has 1 aromatic carbocycles. The first-order valence-electron chi connectivity index (χ1n) is 7.38. The highest BCUT2D eigenvalue weighted by Crippen LogP contribution is 2.21. The molecule has 0 aliphatic carbocycles. The van der Waals surface area contributed by atoms with E-state index in [0.717, 1.165) is 0 Å². The Kier molecular flexibility index (Phi) is 5.18. The Hall–Kier alpha value is -2.60. The second kappa shape index (κ2) is 7.11. The first-order valence-corrected chi connectivity index (χ1v) is 7.38. The van der Waals surface area contributed by atoms with Gasteiger partial charge in [0.05, 0.1) is 0 Å². The normalized spacial score (nSPS) is 10.4. The monoisotopic (exact) mass is 315 g/mol. The number of H-pyrrole nitrogens is 1. The molecule has 1 heterocycles. The largest absolute Gasteiger partial charge is 0.492 e. The van der Waals surface area contributed by atoms with Crippen LogP contribution in [0.3, 0.4) is 0 Å². The number of rotatable bonds is 6. The molecule has 1 amide bonds. The minimum atomic E-state index is -0.284. The average Bonchev–Trinajstić information content (AvgIpc) is 2.81. The minimum absolute atomic E-state index is 0.0586. The third-order valence-electron chi connectivity index (χ3n) is 3.52. The van der Waals surface area contributed by atoms with Gasteiger partial charge in [0.1, 0.15) is 18.1 Å². The molecule has 0 spiro atoms. The standard InChI is InChI=1S/C17H21N3O3/c1-10-15(12(3)21)11(2)19-16(10)17(22)20-13-4-6-14(7-5-13)23-9-8-18/h4-7,19H,8-9,18H2,1-3H3,(H,20,22). The van der Waals surface area contributed by atoms with Gasteiger partial charge in [0.15, 0.2) is 5.78 Å². The third kappa shape index (κ3) is 3.78.